The van der Waals surface area contributed by atoms with E-state index in [9.17, 15) is 9.90 Å². The van der Waals surface area contributed by atoms with E-state index in [1.165, 1.54) is 5.56 Å². The Morgan fingerprint density at radius 1 is 1.24 bits per heavy atom. The van der Waals surface area contributed by atoms with Gasteiger partial charge >= 0.3 is 0 Å². The Balaban J connectivity index is 0.000000212. The summed E-state index contributed by atoms with van der Waals surface area (Å²) >= 11 is 0. The SMILES string of the molecule is O=C[C@H](O)[C@@H](O)[C@H](O)CO.OC1CCCc2ccccc21. The molecule has 6 heteroatoms. The summed E-state index contributed by atoms with van der Waals surface area (Å²) in [6.45, 7) is -0.688. The lowest BCUT2D eigenvalue weighted by atomic mass is 9.90. The third-order valence-electron chi connectivity index (χ3n) is 3.41. The molecule has 1 aromatic rings. The lowest BCUT2D eigenvalue weighted by Gasteiger charge is -2.20. The fourth-order valence-corrected chi connectivity index (χ4v) is 2.14. The molecule has 5 N–H and O–H groups in total. The first-order valence-electron chi connectivity index (χ1n) is 6.87. The molecule has 2 rings (SSSR count). The van der Waals surface area contributed by atoms with E-state index in [2.05, 4.69) is 6.07 Å². The topological polar surface area (TPSA) is 118 Å². The molecule has 21 heavy (non-hydrogen) atoms. The molecule has 0 amide bonds. The normalized spacial score (nSPS) is 21.3. The Kier molecular flexibility index (Phi) is 7.49. The largest absolute Gasteiger partial charge is 0.394 e. The number of hydrogen-bond acceptors (Lipinski definition) is 6. The molecule has 0 bridgehead atoms. The first-order chi connectivity index (χ1) is 10.0. The van der Waals surface area contributed by atoms with E-state index in [-0.39, 0.29) is 12.4 Å². The Labute approximate surface area is 123 Å². The first kappa shape index (κ1) is 17.7. The number of carbonyl (C=O) groups is 1. The molecule has 1 aliphatic rings. The van der Waals surface area contributed by atoms with Crippen LogP contribution in [0.25, 0.3) is 0 Å². The molecule has 0 fully saturated rings. The molecular formula is C15H22O6. The molecule has 0 heterocycles. The van der Waals surface area contributed by atoms with E-state index in [0.717, 1.165) is 24.8 Å². The van der Waals surface area contributed by atoms with Gasteiger partial charge in [-0.25, -0.2) is 0 Å². The van der Waals surface area contributed by atoms with Crippen LogP contribution in [0.15, 0.2) is 24.3 Å². The highest BCUT2D eigenvalue weighted by Gasteiger charge is 2.22. The maximum absolute atomic E-state index is 9.76. The maximum Gasteiger partial charge on any atom is 0.151 e. The quantitative estimate of drug-likeness (QED) is 0.470. The van der Waals surface area contributed by atoms with Crippen molar-refractivity contribution in [3.8, 4) is 0 Å². The molecule has 0 saturated carbocycles. The van der Waals surface area contributed by atoms with E-state index < -0.39 is 24.9 Å². The highest BCUT2D eigenvalue weighted by Crippen LogP contribution is 2.28. The molecule has 0 aromatic heterocycles. The number of aliphatic hydroxyl groups is 5. The molecule has 0 radical (unpaired) electrons. The Bertz CT molecular complexity index is 436. The lowest BCUT2D eigenvalue weighted by molar-refractivity contribution is -0.127. The third kappa shape index (κ3) is 5.18. The summed E-state index contributed by atoms with van der Waals surface area (Å²) in [7, 11) is 0. The Morgan fingerprint density at radius 3 is 2.48 bits per heavy atom. The van der Waals surface area contributed by atoms with Crippen LogP contribution in [0.2, 0.25) is 0 Å². The monoisotopic (exact) mass is 298 g/mol. The van der Waals surface area contributed by atoms with Crippen molar-refractivity contribution in [3.05, 3.63) is 35.4 Å². The minimum Gasteiger partial charge on any atom is -0.394 e. The molecular weight excluding hydrogens is 276 g/mol. The van der Waals surface area contributed by atoms with Crippen LogP contribution in [0.4, 0.5) is 0 Å². The summed E-state index contributed by atoms with van der Waals surface area (Å²) < 4.78 is 0. The second kappa shape index (κ2) is 8.86. The molecule has 0 spiro atoms. The molecule has 0 saturated heterocycles. The van der Waals surface area contributed by atoms with E-state index in [1.54, 1.807) is 0 Å². The standard InChI is InChI=1S/C10H12O.C5H10O5/c11-10-7-3-5-8-4-1-2-6-9(8)10;6-1-3(8)5(10)4(9)2-7/h1-2,4,6,10-11H,3,5,7H2;1,3-5,7-10H,2H2/t;3-,4+,5+/m.0/s1. The number of hydrogen-bond donors (Lipinski definition) is 5. The fraction of sp³-hybridized carbons (Fsp3) is 0.533. The minimum atomic E-state index is -1.64. The van der Waals surface area contributed by atoms with Gasteiger partial charge < -0.3 is 30.3 Å². The van der Waals surface area contributed by atoms with Crippen LogP contribution in [0.3, 0.4) is 0 Å². The number of rotatable bonds is 4. The van der Waals surface area contributed by atoms with Gasteiger partial charge in [-0.15, -0.1) is 0 Å². The van der Waals surface area contributed by atoms with Crippen LogP contribution < -0.4 is 0 Å². The summed E-state index contributed by atoms with van der Waals surface area (Å²) in [6.07, 6.45) is -1.66. The van der Waals surface area contributed by atoms with E-state index in [0.29, 0.717) is 0 Å². The highest BCUT2D eigenvalue weighted by molar-refractivity contribution is 5.56. The zero-order valence-electron chi connectivity index (χ0n) is 11.7. The number of carbonyl (C=O) groups excluding carboxylic acids is 1. The van der Waals surface area contributed by atoms with Crippen molar-refractivity contribution < 1.29 is 30.3 Å². The zero-order chi connectivity index (χ0) is 15.8. The summed E-state index contributed by atoms with van der Waals surface area (Å²) in [5.74, 6) is 0. The average molecular weight is 298 g/mol. The number of aldehydes is 1. The number of aryl methyl sites for hydroxylation is 1. The molecule has 1 aliphatic carbocycles. The van der Waals surface area contributed by atoms with Gasteiger partial charge in [0.05, 0.1) is 12.7 Å². The van der Waals surface area contributed by atoms with Crippen LogP contribution in [0.1, 0.15) is 30.1 Å². The fourth-order valence-electron chi connectivity index (χ4n) is 2.14. The van der Waals surface area contributed by atoms with Crippen molar-refractivity contribution in [1.29, 1.82) is 0 Å². The predicted octanol–water partition coefficient (Wildman–Crippen LogP) is -0.683. The van der Waals surface area contributed by atoms with Crippen molar-refractivity contribution in [1.82, 2.24) is 0 Å². The van der Waals surface area contributed by atoms with Crippen molar-refractivity contribution in [2.75, 3.05) is 6.61 Å². The third-order valence-corrected chi connectivity index (χ3v) is 3.41. The molecule has 4 atom stereocenters. The molecule has 0 aliphatic heterocycles. The Hall–Kier alpha value is -1.31. The van der Waals surface area contributed by atoms with Gasteiger partial charge in [0, 0.05) is 0 Å². The summed E-state index contributed by atoms with van der Waals surface area (Å²) in [4.78, 5) is 9.76. The van der Waals surface area contributed by atoms with Crippen molar-refractivity contribution in [2.45, 2.75) is 43.7 Å². The van der Waals surface area contributed by atoms with Crippen LogP contribution in [-0.4, -0.2) is 56.7 Å². The van der Waals surface area contributed by atoms with Gasteiger partial charge in [0.2, 0.25) is 0 Å². The number of fused-ring (bicyclic) bond motifs is 1. The zero-order valence-corrected chi connectivity index (χ0v) is 11.7. The number of aliphatic hydroxyl groups excluding tert-OH is 5. The van der Waals surface area contributed by atoms with Crippen molar-refractivity contribution in [3.63, 3.8) is 0 Å². The molecule has 1 aromatic carbocycles. The number of benzene rings is 1. The van der Waals surface area contributed by atoms with E-state index in [1.807, 2.05) is 18.2 Å². The molecule has 6 nitrogen and oxygen atoms in total. The molecule has 118 valence electrons. The van der Waals surface area contributed by atoms with Crippen LogP contribution in [0, 0.1) is 0 Å². The van der Waals surface area contributed by atoms with Crippen LogP contribution in [0.5, 0.6) is 0 Å². The second-order valence-electron chi connectivity index (χ2n) is 4.97. The van der Waals surface area contributed by atoms with Gasteiger partial charge in [0.25, 0.3) is 0 Å². The second-order valence-corrected chi connectivity index (χ2v) is 4.97. The molecule has 1 unspecified atom stereocenters. The van der Waals surface area contributed by atoms with Gasteiger partial charge in [-0.05, 0) is 30.4 Å². The van der Waals surface area contributed by atoms with E-state index >= 15 is 0 Å². The summed E-state index contributed by atoms with van der Waals surface area (Å²) in [5.41, 5.74) is 2.46. The van der Waals surface area contributed by atoms with Crippen molar-refractivity contribution in [2.24, 2.45) is 0 Å². The van der Waals surface area contributed by atoms with Gasteiger partial charge in [-0.1, -0.05) is 24.3 Å². The summed E-state index contributed by atoms with van der Waals surface area (Å²) in [5, 5.41) is 43.6. The van der Waals surface area contributed by atoms with Gasteiger partial charge in [-0.3, -0.25) is 0 Å². The van der Waals surface area contributed by atoms with Crippen molar-refractivity contribution >= 4 is 6.29 Å². The summed E-state index contributed by atoms with van der Waals surface area (Å²) in [6, 6.07) is 8.17. The van der Waals surface area contributed by atoms with Gasteiger partial charge in [-0.2, -0.15) is 0 Å². The van der Waals surface area contributed by atoms with Gasteiger partial charge in [0.1, 0.15) is 18.3 Å². The van der Waals surface area contributed by atoms with Crippen LogP contribution in [-0.2, 0) is 11.2 Å². The first-order valence-corrected chi connectivity index (χ1v) is 6.87. The van der Waals surface area contributed by atoms with Gasteiger partial charge in [0.15, 0.2) is 6.29 Å². The van der Waals surface area contributed by atoms with Crippen LogP contribution >= 0.6 is 0 Å². The highest BCUT2D eigenvalue weighted by atomic mass is 16.4. The minimum absolute atomic E-state index is 0.0869. The smallest absolute Gasteiger partial charge is 0.151 e. The Morgan fingerprint density at radius 2 is 1.90 bits per heavy atom. The van der Waals surface area contributed by atoms with E-state index in [4.69, 9.17) is 20.4 Å². The average Bonchev–Trinajstić information content (AvgIpc) is 2.53. The maximum atomic E-state index is 9.76. The lowest BCUT2D eigenvalue weighted by Crippen LogP contribution is -2.40. The predicted molar refractivity (Wildman–Crippen MR) is 75.5 cm³/mol.